The quantitative estimate of drug-likeness (QED) is 0.361. The summed E-state index contributed by atoms with van der Waals surface area (Å²) in [7, 11) is 0. The van der Waals surface area contributed by atoms with Crippen LogP contribution in [-0.2, 0) is 6.42 Å². The van der Waals surface area contributed by atoms with Crippen molar-refractivity contribution in [2.45, 2.75) is 20.3 Å². The second kappa shape index (κ2) is 11.4. The van der Waals surface area contributed by atoms with E-state index >= 15 is 0 Å². The summed E-state index contributed by atoms with van der Waals surface area (Å²) in [5.74, 6) is 2.16. The lowest BCUT2D eigenvalue weighted by Crippen LogP contribution is -2.34. The molecule has 0 amide bonds. The van der Waals surface area contributed by atoms with Gasteiger partial charge in [-0.15, -0.1) is 24.0 Å². The first-order valence-corrected chi connectivity index (χ1v) is 8.37. The van der Waals surface area contributed by atoms with Gasteiger partial charge in [-0.3, -0.25) is 4.99 Å². The highest BCUT2D eigenvalue weighted by molar-refractivity contribution is 14.0. The van der Waals surface area contributed by atoms with Crippen LogP contribution >= 0.6 is 24.0 Å². The van der Waals surface area contributed by atoms with Crippen molar-refractivity contribution >= 4 is 29.9 Å². The van der Waals surface area contributed by atoms with Crippen LogP contribution in [0.4, 0.5) is 0 Å². The van der Waals surface area contributed by atoms with Gasteiger partial charge in [0.15, 0.2) is 17.5 Å². The zero-order chi connectivity index (χ0) is 16.5. The number of nitrogens with zero attached hydrogens (tertiary/aromatic N) is 2. The molecule has 0 unspecified atom stereocenters. The molecule has 136 valence electrons. The first-order valence-electron chi connectivity index (χ1n) is 8.37. The molecular weight excluding hydrogens is 419 g/mol. The summed E-state index contributed by atoms with van der Waals surface area (Å²) < 4.78 is 11.1. The smallest absolute Gasteiger partial charge is 0.188 e. The number of nitrogens with one attached hydrogen (secondary N) is 1. The minimum absolute atomic E-state index is 0. The fraction of sp³-hybridized carbons (Fsp3) is 0.588. The van der Waals surface area contributed by atoms with E-state index in [0.717, 1.165) is 50.6 Å². The topological polar surface area (TPSA) is 72.1 Å². The monoisotopic (exact) mass is 448 g/mol. The van der Waals surface area contributed by atoms with Crippen molar-refractivity contribution in [3.8, 4) is 11.5 Å². The number of rotatable bonds is 8. The number of nitrogens with two attached hydrogens (primary N) is 1. The predicted molar refractivity (Wildman–Crippen MR) is 109 cm³/mol. The molecule has 0 spiro atoms. The third kappa shape index (κ3) is 6.72. The summed E-state index contributed by atoms with van der Waals surface area (Å²) in [6.45, 7) is 10.1. The van der Waals surface area contributed by atoms with Gasteiger partial charge in [0.25, 0.3) is 0 Å². The van der Waals surface area contributed by atoms with Crippen molar-refractivity contribution in [2.24, 2.45) is 10.7 Å². The SMILES string of the molecule is CCN(CC)CCN=C(N)NCCc1ccc2c(c1)OCCO2.I. The van der Waals surface area contributed by atoms with Crippen LogP contribution in [-0.4, -0.2) is 56.8 Å². The van der Waals surface area contributed by atoms with Gasteiger partial charge in [-0.05, 0) is 37.2 Å². The van der Waals surface area contributed by atoms with Crippen molar-refractivity contribution in [2.75, 3.05) is 45.9 Å². The lowest BCUT2D eigenvalue weighted by molar-refractivity contribution is 0.171. The van der Waals surface area contributed by atoms with E-state index in [1.807, 2.05) is 12.1 Å². The van der Waals surface area contributed by atoms with Gasteiger partial charge in [0.05, 0.1) is 6.54 Å². The Hall–Kier alpha value is -1.22. The molecule has 3 N–H and O–H groups in total. The van der Waals surface area contributed by atoms with Crippen molar-refractivity contribution in [1.29, 1.82) is 0 Å². The fourth-order valence-electron chi connectivity index (χ4n) is 2.49. The Morgan fingerprint density at radius 3 is 2.62 bits per heavy atom. The molecule has 1 aliphatic heterocycles. The Kier molecular flexibility index (Phi) is 9.85. The maximum atomic E-state index is 5.89. The number of hydrogen-bond acceptors (Lipinski definition) is 4. The molecule has 1 aromatic carbocycles. The number of halogens is 1. The highest BCUT2D eigenvalue weighted by atomic mass is 127. The van der Waals surface area contributed by atoms with Crippen molar-refractivity contribution in [1.82, 2.24) is 10.2 Å². The number of benzene rings is 1. The largest absolute Gasteiger partial charge is 0.486 e. The zero-order valence-corrected chi connectivity index (χ0v) is 16.9. The second-order valence-electron chi connectivity index (χ2n) is 5.45. The fourth-order valence-corrected chi connectivity index (χ4v) is 2.49. The van der Waals surface area contributed by atoms with Crippen LogP contribution in [0.5, 0.6) is 11.5 Å². The van der Waals surface area contributed by atoms with E-state index in [1.54, 1.807) is 0 Å². The van der Waals surface area contributed by atoms with Gasteiger partial charge in [-0.1, -0.05) is 19.9 Å². The van der Waals surface area contributed by atoms with Crippen molar-refractivity contribution in [3.63, 3.8) is 0 Å². The molecule has 24 heavy (non-hydrogen) atoms. The van der Waals surface area contributed by atoms with E-state index < -0.39 is 0 Å². The van der Waals surface area contributed by atoms with Gasteiger partial charge >= 0.3 is 0 Å². The van der Waals surface area contributed by atoms with E-state index in [9.17, 15) is 0 Å². The number of aliphatic imine (C=N–C) groups is 1. The molecule has 0 saturated heterocycles. The summed E-state index contributed by atoms with van der Waals surface area (Å²) in [4.78, 5) is 6.68. The Morgan fingerprint density at radius 2 is 1.92 bits per heavy atom. The Labute approximate surface area is 161 Å². The lowest BCUT2D eigenvalue weighted by Gasteiger charge is -2.19. The van der Waals surface area contributed by atoms with Gasteiger partial charge in [0, 0.05) is 13.1 Å². The number of hydrogen-bond donors (Lipinski definition) is 2. The van der Waals surface area contributed by atoms with Gasteiger partial charge in [0.1, 0.15) is 13.2 Å². The van der Waals surface area contributed by atoms with Gasteiger partial charge in [0.2, 0.25) is 0 Å². The number of fused-ring (bicyclic) bond motifs is 1. The van der Waals surface area contributed by atoms with Crippen LogP contribution in [0, 0.1) is 0 Å². The van der Waals surface area contributed by atoms with Crippen LogP contribution in [0.3, 0.4) is 0 Å². The van der Waals surface area contributed by atoms with Crippen LogP contribution in [0.25, 0.3) is 0 Å². The minimum Gasteiger partial charge on any atom is -0.486 e. The van der Waals surface area contributed by atoms with Gasteiger partial charge < -0.3 is 25.4 Å². The molecule has 0 radical (unpaired) electrons. The molecule has 1 aromatic rings. The molecule has 7 heteroatoms. The average molecular weight is 448 g/mol. The molecule has 0 bridgehead atoms. The summed E-state index contributed by atoms with van der Waals surface area (Å²) in [6.07, 6.45) is 0.864. The highest BCUT2D eigenvalue weighted by Gasteiger charge is 2.11. The molecule has 1 heterocycles. The van der Waals surface area contributed by atoms with E-state index in [2.05, 4.69) is 35.1 Å². The standard InChI is InChI=1S/C17H28N4O2.HI/c1-3-21(4-2)10-9-20-17(18)19-8-7-14-5-6-15-16(13-14)23-12-11-22-15;/h5-6,13H,3-4,7-12H2,1-2H3,(H3,18,19,20);1H. The first kappa shape index (κ1) is 20.8. The molecule has 0 aliphatic carbocycles. The Balaban J connectivity index is 0.00000288. The molecule has 0 fully saturated rings. The molecule has 0 aromatic heterocycles. The normalized spacial score (nSPS) is 13.5. The molecule has 1 aliphatic rings. The Bertz CT molecular complexity index is 521. The van der Waals surface area contributed by atoms with E-state index in [-0.39, 0.29) is 24.0 Å². The molecular formula is C17H29IN4O2. The number of likely N-dealkylation sites (N-methyl/N-ethyl adjacent to an activating group) is 1. The average Bonchev–Trinajstić information content (AvgIpc) is 2.58. The molecule has 2 rings (SSSR count). The first-order chi connectivity index (χ1) is 11.2. The third-order valence-electron chi connectivity index (χ3n) is 3.92. The number of guanidine groups is 1. The second-order valence-corrected chi connectivity index (χ2v) is 5.45. The van der Waals surface area contributed by atoms with Gasteiger partial charge in [-0.25, -0.2) is 0 Å². The van der Waals surface area contributed by atoms with Gasteiger partial charge in [-0.2, -0.15) is 0 Å². The van der Waals surface area contributed by atoms with Crippen molar-refractivity contribution < 1.29 is 9.47 Å². The Morgan fingerprint density at radius 1 is 1.21 bits per heavy atom. The predicted octanol–water partition coefficient (Wildman–Crippen LogP) is 1.86. The maximum absolute atomic E-state index is 5.89. The summed E-state index contributed by atoms with van der Waals surface area (Å²) in [5.41, 5.74) is 7.09. The molecule has 6 nitrogen and oxygen atoms in total. The maximum Gasteiger partial charge on any atom is 0.188 e. The number of ether oxygens (including phenoxy) is 2. The van der Waals surface area contributed by atoms with Crippen LogP contribution in [0.15, 0.2) is 23.2 Å². The highest BCUT2D eigenvalue weighted by Crippen LogP contribution is 2.30. The van der Waals surface area contributed by atoms with E-state index in [4.69, 9.17) is 15.2 Å². The van der Waals surface area contributed by atoms with Crippen LogP contribution < -0.4 is 20.5 Å². The van der Waals surface area contributed by atoms with Crippen molar-refractivity contribution in [3.05, 3.63) is 23.8 Å². The van der Waals surface area contributed by atoms with Crippen LogP contribution in [0.1, 0.15) is 19.4 Å². The van der Waals surface area contributed by atoms with E-state index in [0.29, 0.717) is 19.2 Å². The lowest BCUT2D eigenvalue weighted by atomic mass is 10.1. The molecule has 0 saturated carbocycles. The van der Waals surface area contributed by atoms with E-state index in [1.165, 1.54) is 5.56 Å². The third-order valence-corrected chi connectivity index (χ3v) is 3.92. The summed E-state index contributed by atoms with van der Waals surface area (Å²) in [6, 6.07) is 6.05. The zero-order valence-electron chi connectivity index (χ0n) is 14.6. The molecule has 0 atom stereocenters. The van der Waals surface area contributed by atoms with Crippen LogP contribution in [0.2, 0.25) is 0 Å². The minimum atomic E-state index is 0. The summed E-state index contributed by atoms with van der Waals surface area (Å²) >= 11 is 0. The summed E-state index contributed by atoms with van der Waals surface area (Å²) in [5, 5.41) is 3.16.